The highest BCUT2D eigenvalue weighted by Gasteiger charge is 2.46. The van der Waals surface area contributed by atoms with Gasteiger partial charge in [-0.1, -0.05) is 64.1 Å². The van der Waals surface area contributed by atoms with Gasteiger partial charge in [0.05, 0.1) is 0 Å². The molecule has 0 spiro atoms. The highest BCUT2D eigenvalue weighted by molar-refractivity contribution is 5.89. The zero-order valence-corrected chi connectivity index (χ0v) is 13.9. The van der Waals surface area contributed by atoms with Crippen LogP contribution in [0.4, 0.5) is 0 Å². The van der Waals surface area contributed by atoms with Gasteiger partial charge in [-0.2, -0.15) is 0 Å². The van der Waals surface area contributed by atoms with E-state index in [1.165, 1.54) is 0 Å². The number of benzene rings is 2. The predicted molar refractivity (Wildman–Crippen MR) is 89.2 cm³/mol. The van der Waals surface area contributed by atoms with Gasteiger partial charge >= 0.3 is 5.97 Å². The molecule has 2 rings (SSSR count). The molecule has 3 nitrogen and oxygen atoms in total. The molecule has 2 atom stereocenters. The molecular weight excluding hydrogens is 276 g/mol. The largest absolute Gasteiger partial charge is 0.478 e. The van der Waals surface area contributed by atoms with Gasteiger partial charge in [-0.3, -0.25) is 0 Å². The van der Waals surface area contributed by atoms with Gasteiger partial charge in [0, 0.05) is 11.3 Å². The Labute approximate surface area is 131 Å². The minimum absolute atomic E-state index is 0.170. The van der Waals surface area contributed by atoms with E-state index >= 15 is 0 Å². The lowest BCUT2D eigenvalue weighted by molar-refractivity contribution is -0.162. The summed E-state index contributed by atoms with van der Waals surface area (Å²) >= 11 is 0. The molecule has 0 fully saturated rings. The van der Waals surface area contributed by atoms with Crippen LogP contribution in [0.5, 0.6) is 5.75 Å². The van der Waals surface area contributed by atoms with E-state index < -0.39 is 11.6 Å². The summed E-state index contributed by atoms with van der Waals surface area (Å²) in [5.41, 5.74) is -1.47. The molecule has 2 aromatic carbocycles. The molecule has 118 valence electrons. The van der Waals surface area contributed by atoms with Crippen LogP contribution in [0.2, 0.25) is 0 Å². The molecule has 0 radical (unpaired) electrons. The van der Waals surface area contributed by atoms with Crippen LogP contribution in [-0.2, 0) is 4.79 Å². The second-order valence-corrected chi connectivity index (χ2v) is 7.08. The van der Waals surface area contributed by atoms with Crippen LogP contribution in [0.15, 0.2) is 42.5 Å². The Balaban J connectivity index is 2.50. The lowest BCUT2D eigenvalue weighted by Crippen LogP contribution is -2.51. The third kappa shape index (κ3) is 2.94. The molecule has 0 aliphatic heterocycles. The molecule has 0 amide bonds. The Bertz CT molecular complexity index is 679. The molecule has 0 aliphatic carbocycles. The molecule has 0 heterocycles. The van der Waals surface area contributed by atoms with Crippen LogP contribution in [0.25, 0.3) is 10.8 Å². The lowest BCUT2D eigenvalue weighted by Gasteiger charge is -2.40. The van der Waals surface area contributed by atoms with E-state index in [4.69, 9.17) is 4.74 Å². The first kappa shape index (κ1) is 16.3. The van der Waals surface area contributed by atoms with Crippen molar-refractivity contribution in [3.63, 3.8) is 0 Å². The summed E-state index contributed by atoms with van der Waals surface area (Å²) in [4.78, 5) is 11.9. The Kier molecular flexibility index (Phi) is 4.19. The molecule has 0 saturated carbocycles. The van der Waals surface area contributed by atoms with Gasteiger partial charge in [0.2, 0.25) is 5.60 Å². The minimum Gasteiger partial charge on any atom is -0.478 e. The zero-order chi connectivity index (χ0) is 16.5. The average molecular weight is 300 g/mol. The SMILES string of the molecule is CC(C(C)(C)C)C(C)(Oc1cccc2ccccc12)C(=O)O. The number of hydrogen-bond donors (Lipinski definition) is 1. The standard InChI is InChI=1S/C19H24O3/c1-13(18(2,3)4)19(5,17(20)21)22-16-12-8-10-14-9-6-7-11-15(14)16/h6-13H,1-5H3,(H,20,21). The van der Waals surface area contributed by atoms with Gasteiger partial charge in [-0.05, 0) is 23.8 Å². The third-order valence-corrected chi connectivity index (χ3v) is 4.62. The van der Waals surface area contributed by atoms with Crippen molar-refractivity contribution < 1.29 is 14.6 Å². The molecule has 0 bridgehead atoms. The number of rotatable bonds is 4. The van der Waals surface area contributed by atoms with Crippen LogP contribution in [0.1, 0.15) is 34.6 Å². The highest BCUT2D eigenvalue weighted by Crippen LogP contribution is 2.39. The number of fused-ring (bicyclic) bond motifs is 1. The Morgan fingerprint density at radius 1 is 1.05 bits per heavy atom. The second kappa shape index (κ2) is 5.64. The van der Waals surface area contributed by atoms with Crippen LogP contribution in [0.3, 0.4) is 0 Å². The summed E-state index contributed by atoms with van der Waals surface area (Å²) < 4.78 is 6.07. The predicted octanol–water partition coefficient (Wildman–Crippen LogP) is 4.74. The molecule has 3 heteroatoms. The van der Waals surface area contributed by atoms with E-state index in [1.807, 2.05) is 70.2 Å². The summed E-state index contributed by atoms with van der Waals surface area (Å²) in [6.07, 6.45) is 0. The van der Waals surface area contributed by atoms with E-state index in [0.717, 1.165) is 10.8 Å². The molecule has 2 unspecified atom stereocenters. The quantitative estimate of drug-likeness (QED) is 0.886. The average Bonchev–Trinajstić information content (AvgIpc) is 2.45. The van der Waals surface area contributed by atoms with Crippen molar-refractivity contribution in [3.8, 4) is 5.75 Å². The summed E-state index contributed by atoms with van der Waals surface area (Å²) in [5.74, 6) is -0.501. The van der Waals surface area contributed by atoms with Crippen LogP contribution >= 0.6 is 0 Å². The summed E-state index contributed by atoms with van der Waals surface area (Å²) in [6.45, 7) is 9.69. The van der Waals surface area contributed by atoms with Crippen LogP contribution < -0.4 is 4.74 Å². The molecule has 22 heavy (non-hydrogen) atoms. The van der Waals surface area contributed by atoms with E-state index in [2.05, 4.69) is 0 Å². The third-order valence-electron chi connectivity index (χ3n) is 4.62. The first-order valence-electron chi connectivity index (χ1n) is 7.56. The van der Waals surface area contributed by atoms with Gasteiger partial charge in [0.15, 0.2) is 0 Å². The van der Waals surface area contributed by atoms with Gasteiger partial charge in [0.1, 0.15) is 5.75 Å². The van der Waals surface area contributed by atoms with Crippen LogP contribution in [0, 0.1) is 11.3 Å². The topological polar surface area (TPSA) is 46.5 Å². The monoisotopic (exact) mass is 300 g/mol. The van der Waals surface area contributed by atoms with Crippen molar-refractivity contribution >= 4 is 16.7 Å². The Hall–Kier alpha value is -2.03. The highest BCUT2D eigenvalue weighted by atomic mass is 16.5. The lowest BCUT2D eigenvalue weighted by atomic mass is 9.72. The van der Waals surface area contributed by atoms with Crippen molar-refractivity contribution in [3.05, 3.63) is 42.5 Å². The normalized spacial score (nSPS) is 16.0. The van der Waals surface area contributed by atoms with Gasteiger partial charge < -0.3 is 9.84 Å². The van der Waals surface area contributed by atoms with Crippen molar-refractivity contribution in [1.82, 2.24) is 0 Å². The molecular formula is C19H24O3. The number of hydrogen-bond acceptors (Lipinski definition) is 2. The van der Waals surface area contributed by atoms with E-state index in [9.17, 15) is 9.90 Å². The number of carboxylic acids is 1. The number of carboxylic acid groups (broad SMARTS) is 1. The maximum absolute atomic E-state index is 11.9. The molecule has 0 saturated heterocycles. The van der Waals surface area contributed by atoms with E-state index in [-0.39, 0.29) is 11.3 Å². The fraction of sp³-hybridized carbons (Fsp3) is 0.421. The fourth-order valence-electron chi connectivity index (χ4n) is 2.66. The smallest absolute Gasteiger partial charge is 0.348 e. The Morgan fingerprint density at radius 3 is 2.23 bits per heavy atom. The van der Waals surface area contributed by atoms with Gasteiger partial charge in [-0.15, -0.1) is 0 Å². The van der Waals surface area contributed by atoms with E-state index in [1.54, 1.807) is 6.92 Å². The van der Waals surface area contributed by atoms with Gasteiger partial charge in [-0.25, -0.2) is 4.79 Å². The summed E-state index contributed by atoms with van der Waals surface area (Å²) in [6, 6.07) is 13.6. The number of ether oxygens (including phenoxy) is 1. The number of carbonyl (C=O) groups is 1. The van der Waals surface area contributed by atoms with E-state index in [0.29, 0.717) is 5.75 Å². The Morgan fingerprint density at radius 2 is 1.64 bits per heavy atom. The maximum Gasteiger partial charge on any atom is 0.348 e. The summed E-state index contributed by atoms with van der Waals surface area (Å²) in [5, 5.41) is 11.7. The van der Waals surface area contributed by atoms with Crippen molar-refractivity contribution in [2.24, 2.45) is 11.3 Å². The summed E-state index contributed by atoms with van der Waals surface area (Å²) in [7, 11) is 0. The molecule has 2 aromatic rings. The molecule has 1 N–H and O–H groups in total. The van der Waals surface area contributed by atoms with Crippen molar-refractivity contribution in [2.75, 3.05) is 0 Å². The number of aliphatic carboxylic acids is 1. The van der Waals surface area contributed by atoms with Crippen LogP contribution in [-0.4, -0.2) is 16.7 Å². The van der Waals surface area contributed by atoms with Crippen molar-refractivity contribution in [1.29, 1.82) is 0 Å². The van der Waals surface area contributed by atoms with Gasteiger partial charge in [0.25, 0.3) is 0 Å². The molecule has 0 aliphatic rings. The first-order chi connectivity index (χ1) is 10.2. The minimum atomic E-state index is -1.29. The first-order valence-corrected chi connectivity index (χ1v) is 7.56. The fourth-order valence-corrected chi connectivity index (χ4v) is 2.66. The zero-order valence-electron chi connectivity index (χ0n) is 13.9. The molecule has 0 aromatic heterocycles. The second-order valence-electron chi connectivity index (χ2n) is 7.08. The maximum atomic E-state index is 11.9. The van der Waals surface area contributed by atoms with Crippen molar-refractivity contribution in [2.45, 2.75) is 40.2 Å².